The minimum atomic E-state index is -0.461. The molecule has 0 spiro atoms. The number of carbonyl (C=O) groups excluding carboxylic acids is 1. The second kappa shape index (κ2) is 8.64. The van der Waals surface area contributed by atoms with Crippen LogP contribution >= 0.6 is 0 Å². The molecular formula is C21H23FN4O3. The van der Waals surface area contributed by atoms with Gasteiger partial charge < -0.3 is 24.3 Å². The van der Waals surface area contributed by atoms with E-state index >= 15 is 0 Å². The highest BCUT2D eigenvalue weighted by molar-refractivity contribution is 5.89. The lowest BCUT2D eigenvalue weighted by Crippen LogP contribution is -2.31. The number of imidazole rings is 1. The predicted octanol–water partition coefficient (Wildman–Crippen LogP) is 4.00. The van der Waals surface area contributed by atoms with E-state index in [0.717, 1.165) is 11.3 Å². The lowest BCUT2D eigenvalue weighted by Gasteiger charge is -2.20. The van der Waals surface area contributed by atoms with Crippen LogP contribution in [0.25, 0.3) is 5.69 Å². The Morgan fingerprint density at radius 1 is 1.21 bits per heavy atom. The van der Waals surface area contributed by atoms with Crippen LogP contribution < -0.4 is 14.8 Å². The van der Waals surface area contributed by atoms with Gasteiger partial charge in [-0.2, -0.15) is 0 Å². The third-order valence-electron chi connectivity index (χ3n) is 4.43. The summed E-state index contributed by atoms with van der Waals surface area (Å²) in [5.74, 6) is 0.857. The molecule has 0 aliphatic rings. The van der Waals surface area contributed by atoms with E-state index < -0.39 is 5.82 Å². The fourth-order valence-corrected chi connectivity index (χ4v) is 2.90. The molecule has 0 radical (unpaired) electrons. The number of urea groups is 1. The van der Waals surface area contributed by atoms with Gasteiger partial charge in [-0.1, -0.05) is 0 Å². The first-order chi connectivity index (χ1) is 13.9. The SMILES string of the molecule is COc1ccc(OC)c(CN(C)C(=O)Nc2ccc(-n3cnc(C)c3)c(F)c2)c1. The summed E-state index contributed by atoms with van der Waals surface area (Å²) in [5.41, 5.74) is 2.30. The van der Waals surface area contributed by atoms with Gasteiger partial charge in [-0.15, -0.1) is 0 Å². The van der Waals surface area contributed by atoms with Gasteiger partial charge in [0.15, 0.2) is 0 Å². The third-order valence-corrected chi connectivity index (χ3v) is 4.43. The summed E-state index contributed by atoms with van der Waals surface area (Å²) in [4.78, 5) is 18.1. The maximum Gasteiger partial charge on any atom is 0.321 e. The van der Waals surface area contributed by atoms with Crippen molar-refractivity contribution >= 4 is 11.7 Å². The summed E-state index contributed by atoms with van der Waals surface area (Å²) in [6.07, 6.45) is 3.27. The van der Waals surface area contributed by atoms with Crippen LogP contribution in [-0.2, 0) is 6.54 Å². The molecule has 8 heteroatoms. The molecule has 3 aromatic rings. The van der Waals surface area contributed by atoms with Gasteiger partial charge in [0.05, 0.1) is 38.5 Å². The van der Waals surface area contributed by atoms with E-state index in [9.17, 15) is 9.18 Å². The second-order valence-electron chi connectivity index (χ2n) is 6.55. The minimum Gasteiger partial charge on any atom is -0.497 e. The zero-order chi connectivity index (χ0) is 21.0. The van der Waals surface area contributed by atoms with Crippen LogP contribution in [-0.4, -0.2) is 41.7 Å². The van der Waals surface area contributed by atoms with Crippen molar-refractivity contribution in [2.75, 3.05) is 26.6 Å². The highest BCUT2D eigenvalue weighted by Crippen LogP contribution is 2.25. The maximum absolute atomic E-state index is 14.5. The quantitative estimate of drug-likeness (QED) is 0.681. The molecule has 152 valence electrons. The number of nitrogens with one attached hydrogen (secondary N) is 1. The number of halogens is 1. The van der Waals surface area contributed by atoms with Gasteiger partial charge in [0.1, 0.15) is 17.3 Å². The fraction of sp³-hybridized carbons (Fsp3) is 0.238. The lowest BCUT2D eigenvalue weighted by atomic mass is 10.2. The average Bonchev–Trinajstić information content (AvgIpc) is 3.13. The van der Waals surface area contributed by atoms with Gasteiger partial charge in [0, 0.05) is 24.5 Å². The minimum absolute atomic E-state index is 0.293. The molecule has 29 heavy (non-hydrogen) atoms. The van der Waals surface area contributed by atoms with Crippen molar-refractivity contribution in [3.8, 4) is 17.2 Å². The van der Waals surface area contributed by atoms with Gasteiger partial charge >= 0.3 is 6.03 Å². The van der Waals surface area contributed by atoms with Crippen molar-refractivity contribution in [1.29, 1.82) is 0 Å². The number of amides is 2. The molecule has 0 bridgehead atoms. The van der Waals surface area contributed by atoms with Crippen LogP contribution in [0.2, 0.25) is 0 Å². The van der Waals surface area contributed by atoms with Crippen molar-refractivity contribution in [3.63, 3.8) is 0 Å². The summed E-state index contributed by atoms with van der Waals surface area (Å²) < 4.78 is 26.7. The zero-order valence-corrected chi connectivity index (χ0v) is 16.8. The first kappa shape index (κ1) is 20.2. The Labute approximate surface area is 168 Å². The monoisotopic (exact) mass is 398 g/mol. The Morgan fingerprint density at radius 3 is 2.62 bits per heavy atom. The van der Waals surface area contributed by atoms with Gasteiger partial charge in [-0.25, -0.2) is 14.2 Å². The molecular weight excluding hydrogens is 375 g/mol. The molecule has 0 aliphatic carbocycles. The summed E-state index contributed by atoms with van der Waals surface area (Å²) in [5, 5.41) is 2.70. The number of aromatic nitrogens is 2. The fourth-order valence-electron chi connectivity index (χ4n) is 2.90. The number of ether oxygens (including phenoxy) is 2. The molecule has 0 fully saturated rings. The number of methoxy groups -OCH3 is 2. The van der Waals surface area contributed by atoms with Crippen LogP contribution in [0.5, 0.6) is 11.5 Å². The van der Waals surface area contributed by atoms with Crippen LogP contribution in [0.3, 0.4) is 0 Å². The molecule has 1 N–H and O–H groups in total. The van der Waals surface area contributed by atoms with Crippen molar-refractivity contribution in [2.24, 2.45) is 0 Å². The zero-order valence-electron chi connectivity index (χ0n) is 16.8. The summed E-state index contributed by atoms with van der Waals surface area (Å²) >= 11 is 0. The van der Waals surface area contributed by atoms with Crippen LogP contribution in [0, 0.1) is 12.7 Å². The van der Waals surface area contributed by atoms with Crippen LogP contribution in [0.15, 0.2) is 48.9 Å². The van der Waals surface area contributed by atoms with Gasteiger partial charge in [0.2, 0.25) is 0 Å². The number of hydrogen-bond acceptors (Lipinski definition) is 4. The lowest BCUT2D eigenvalue weighted by molar-refractivity contribution is 0.220. The van der Waals surface area contributed by atoms with Gasteiger partial charge in [-0.05, 0) is 43.3 Å². The Morgan fingerprint density at radius 2 is 2.00 bits per heavy atom. The van der Waals surface area contributed by atoms with E-state index in [0.29, 0.717) is 29.4 Å². The number of hydrogen-bond donors (Lipinski definition) is 1. The molecule has 0 saturated carbocycles. The molecule has 0 atom stereocenters. The molecule has 2 amide bonds. The van der Waals surface area contributed by atoms with Crippen molar-refractivity contribution in [3.05, 3.63) is 66.0 Å². The van der Waals surface area contributed by atoms with Crippen molar-refractivity contribution < 1.29 is 18.7 Å². The second-order valence-corrected chi connectivity index (χ2v) is 6.55. The molecule has 3 rings (SSSR count). The van der Waals surface area contributed by atoms with E-state index in [-0.39, 0.29) is 6.03 Å². The first-order valence-corrected chi connectivity index (χ1v) is 8.95. The predicted molar refractivity (Wildman–Crippen MR) is 108 cm³/mol. The largest absolute Gasteiger partial charge is 0.497 e. The highest BCUT2D eigenvalue weighted by atomic mass is 19.1. The van der Waals surface area contributed by atoms with Crippen LogP contribution in [0.4, 0.5) is 14.9 Å². The number of aryl methyl sites for hydroxylation is 1. The molecule has 0 aliphatic heterocycles. The number of carbonyl (C=O) groups is 1. The molecule has 1 heterocycles. The Kier molecular flexibility index (Phi) is 6.01. The molecule has 7 nitrogen and oxygen atoms in total. The molecule has 1 aromatic heterocycles. The first-order valence-electron chi connectivity index (χ1n) is 8.95. The highest BCUT2D eigenvalue weighted by Gasteiger charge is 2.14. The number of nitrogens with zero attached hydrogens (tertiary/aromatic N) is 3. The Hall–Kier alpha value is -3.55. The summed E-state index contributed by atoms with van der Waals surface area (Å²) in [6, 6.07) is 9.52. The standard InChI is InChI=1S/C21H23FN4O3/c1-14-11-26(13-23-14)19-7-5-16(10-18(19)22)24-21(27)25(2)12-15-9-17(28-3)6-8-20(15)29-4/h5-11,13H,12H2,1-4H3,(H,24,27). The molecule has 0 unspecified atom stereocenters. The summed E-state index contributed by atoms with van der Waals surface area (Å²) in [7, 11) is 4.79. The van der Waals surface area contributed by atoms with Gasteiger partial charge in [0.25, 0.3) is 0 Å². The topological polar surface area (TPSA) is 68.6 Å². The molecule has 2 aromatic carbocycles. The Balaban J connectivity index is 1.71. The van der Waals surface area contributed by atoms with E-state index in [1.807, 2.05) is 13.0 Å². The average molecular weight is 398 g/mol. The van der Waals surface area contributed by atoms with Gasteiger partial charge in [-0.3, -0.25) is 0 Å². The number of rotatable bonds is 6. The normalized spacial score (nSPS) is 10.5. The maximum atomic E-state index is 14.5. The van der Waals surface area contributed by atoms with E-state index in [1.54, 1.807) is 62.6 Å². The van der Waals surface area contributed by atoms with E-state index in [2.05, 4.69) is 10.3 Å². The van der Waals surface area contributed by atoms with Crippen molar-refractivity contribution in [1.82, 2.24) is 14.5 Å². The molecule has 0 saturated heterocycles. The smallest absolute Gasteiger partial charge is 0.321 e. The van der Waals surface area contributed by atoms with E-state index in [1.165, 1.54) is 11.0 Å². The van der Waals surface area contributed by atoms with Crippen molar-refractivity contribution in [2.45, 2.75) is 13.5 Å². The Bertz CT molecular complexity index is 1020. The van der Waals surface area contributed by atoms with Crippen LogP contribution in [0.1, 0.15) is 11.3 Å². The van der Waals surface area contributed by atoms with E-state index in [4.69, 9.17) is 9.47 Å². The number of benzene rings is 2. The number of anilines is 1. The summed E-state index contributed by atoms with van der Waals surface area (Å²) in [6.45, 7) is 2.12. The third kappa shape index (κ3) is 4.66.